The predicted molar refractivity (Wildman–Crippen MR) is 106 cm³/mol. The lowest BCUT2D eigenvalue weighted by molar-refractivity contribution is -0.351. The van der Waals surface area contributed by atoms with Gasteiger partial charge in [0.05, 0.1) is 11.2 Å². The zero-order valence-corrected chi connectivity index (χ0v) is 17.1. The van der Waals surface area contributed by atoms with Crippen molar-refractivity contribution < 1.29 is 9.32 Å². The molecule has 2 aliphatic carbocycles. The van der Waals surface area contributed by atoms with Crippen molar-refractivity contribution in [3.8, 4) is 11.4 Å². The monoisotopic (exact) mass is 423 g/mol. The molecule has 152 valence electrons. The first-order chi connectivity index (χ1) is 14.4. The quantitative estimate of drug-likeness (QED) is 0.687. The van der Waals surface area contributed by atoms with E-state index in [4.69, 9.17) is 16.1 Å². The lowest BCUT2D eigenvalue weighted by Crippen LogP contribution is -2.90. The highest BCUT2D eigenvalue weighted by Gasteiger charge is 2.85. The van der Waals surface area contributed by atoms with Gasteiger partial charge in [0.1, 0.15) is 5.54 Å². The first-order valence-corrected chi connectivity index (χ1v) is 10.1. The van der Waals surface area contributed by atoms with Crippen molar-refractivity contribution in [2.24, 2.45) is 11.3 Å². The smallest absolute Gasteiger partial charge is 0.323 e. The molecule has 2 amide bonds. The Morgan fingerprint density at radius 3 is 2.90 bits per heavy atom. The molecule has 1 aromatic carbocycles. The summed E-state index contributed by atoms with van der Waals surface area (Å²) >= 11 is 6.31. The molecule has 1 saturated heterocycles. The van der Waals surface area contributed by atoms with Gasteiger partial charge in [-0.2, -0.15) is 10.1 Å². The highest BCUT2D eigenvalue weighted by atomic mass is 35.5. The van der Waals surface area contributed by atoms with E-state index in [0.29, 0.717) is 39.7 Å². The molecule has 3 fully saturated rings. The summed E-state index contributed by atoms with van der Waals surface area (Å²) in [6, 6.07) is 5.23. The Bertz CT molecular complexity index is 1180. The zero-order chi connectivity index (χ0) is 20.7. The van der Waals surface area contributed by atoms with Gasteiger partial charge in [0.2, 0.25) is 0 Å². The van der Waals surface area contributed by atoms with E-state index in [1.54, 1.807) is 31.3 Å². The number of hydrogen-bond acceptors (Lipinski definition) is 7. The lowest BCUT2D eigenvalue weighted by atomic mass is 9.31. The molecule has 10 heteroatoms. The number of hydrogen-bond donors (Lipinski definition) is 1. The summed E-state index contributed by atoms with van der Waals surface area (Å²) in [4.78, 5) is 23.8. The van der Waals surface area contributed by atoms with Crippen LogP contribution in [-0.2, 0) is 5.54 Å². The third-order valence-corrected chi connectivity index (χ3v) is 7.15. The largest absolute Gasteiger partial charge is 0.337 e. The van der Waals surface area contributed by atoms with Gasteiger partial charge >= 0.3 is 6.03 Å². The molecule has 3 aromatic rings. The van der Waals surface area contributed by atoms with Crippen molar-refractivity contribution in [1.29, 1.82) is 0 Å². The fraction of sp³-hybridized carbons (Fsp3) is 0.400. The third kappa shape index (κ3) is 2.13. The van der Waals surface area contributed by atoms with Crippen LogP contribution in [0.15, 0.2) is 35.1 Å². The van der Waals surface area contributed by atoms with E-state index in [-0.39, 0.29) is 17.5 Å². The molecule has 9 nitrogen and oxygen atoms in total. The fourth-order valence-corrected chi connectivity index (χ4v) is 6.03. The highest BCUT2D eigenvalue weighted by Crippen LogP contribution is 2.80. The van der Waals surface area contributed by atoms with E-state index in [9.17, 15) is 4.79 Å². The van der Waals surface area contributed by atoms with Crippen molar-refractivity contribution in [2.75, 3.05) is 5.32 Å². The normalized spacial score (nSPS) is 30.6. The van der Waals surface area contributed by atoms with Gasteiger partial charge in [0.25, 0.3) is 5.89 Å². The number of amides is 2. The summed E-state index contributed by atoms with van der Waals surface area (Å²) in [7, 11) is 0. The summed E-state index contributed by atoms with van der Waals surface area (Å²) in [6.07, 6.45) is 4.87. The summed E-state index contributed by atoms with van der Waals surface area (Å²) in [5.74, 6) is 1.89. The molecule has 3 aliphatic rings. The number of anilines is 1. The maximum Gasteiger partial charge on any atom is 0.323 e. The van der Waals surface area contributed by atoms with Crippen molar-refractivity contribution in [3.63, 3.8) is 0 Å². The second-order valence-electron chi connectivity index (χ2n) is 8.61. The molecule has 3 unspecified atom stereocenters. The SMILES string of the molecule is Cc1noc(C23C[C@]4(C)CC(C24)N3C(=O)Nc2ccc(Cl)c(-c3nccnn3)c2)n1. The van der Waals surface area contributed by atoms with Gasteiger partial charge in [0.15, 0.2) is 11.6 Å². The summed E-state index contributed by atoms with van der Waals surface area (Å²) in [5.41, 5.74) is 0.972. The molecule has 30 heavy (non-hydrogen) atoms. The number of nitrogens with zero attached hydrogens (tertiary/aromatic N) is 6. The second kappa shape index (κ2) is 5.75. The van der Waals surface area contributed by atoms with Gasteiger partial charge in [-0.05, 0) is 43.4 Å². The molecule has 3 heterocycles. The van der Waals surface area contributed by atoms with E-state index in [1.807, 2.05) is 4.90 Å². The van der Waals surface area contributed by atoms with Crippen LogP contribution in [0.1, 0.15) is 31.5 Å². The number of benzene rings is 1. The molecule has 2 aromatic heterocycles. The van der Waals surface area contributed by atoms with Crippen LogP contribution in [0, 0.1) is 18.3 Å². The third-order valence-electron chi connectivity index (χ3n) is 6.82. The maximum atomic E-state index is 13.3. The minimum atomic E-state index is -0.495. The Morgan fingerprint density at radius 1 is 1.37 bits per heavy atom. The first kappa shape index (κ1) is 17.8. The average molecular weight is 424 g/mol. The number of likely N-dealkylation sites (tertiary alicyclic amines) is 1. The van der Waals surface area contributed by atoms with Gasteiger partial charge in [0, 0.05) is 29.4 Å². The van der Waals surface area contributed by atoms with Crippen LogP contribution in [0.2, 0.25) is 5.02 Å². The Balaban J connectivity index is 1.30. The summed E-state index contributed by atoms with van der Waals surface area (Å²) in [6.45, 7) is 4.06. The van der Waals surface area contributed by atoms with Gasteiger partial charge < -0.3 is 14.7 Å². The predicted octanol–water partition coefficient (Wildman–Crippen LogP) is 3.42. The van der Waals surface area contributed by atoms with Crippen LogP contribution < -0.4 is 5.32 Å². The number of nitrogens with one attached hydrogen (secondary N) is 1. The Kier molecular flexibility index (Phi) is 3.41. The Labute approximate surface area is 176 Å². The van der Waals surface area contributed by atoms with Crippen LogP contribution in [0.3, 0.4) is 0 Å². The van der Waals surface area contributed by atoms with Crippen LogP contribution in [-0.4, -0.2) is 42.3 Å². The fourth-order valence-electron chi connectivity index (χ4n) is 5.83. The highest BCUT2D eigenvalue weighted by molar-refractivity contribution is 6.33. The zero-order valence-electron chi connectivity index (χ0n) is 16.3. The number of halogens is 1. The molecule has 4 atom stereocenters. The number of piperidine rings is 3. The van der Waals surface area contributed by atoms with Gasteiger partial charge in [-0.1, -0.05) is 23.7 Å². The molecule has 1 aliphatic heterocycles. The first-order valence-electron chi connectivity index (χ1n) is 9.77. The van der Waals surface area contributed by atoms with Crippen molar-refractivity contribution in [2.45, 2.75) is 38.3 Å². The number of carbonyl (C=O) groups excluding carboxylic acids is 1. The van der Waals surface area contributed by atoms with Crippen molar-refractivity contribution in [1.82, 2.24) is 30.2 Å². The summed E-state index contributed by atoms with van der Waals surface area (Å²) in [5, 5.41) is 15.3. The molecular formula is C20H18ClN7O2. The number of urea groups is 1. The van der Waals surface area contributed by atoms with Crippen LogP contribution in [0.25, 0.3) is 11.4 Å². The molecule has 6 rings (SSSR count). The number of aromatic nitrogens is 5. The van der Waals surface area contributed by atoms with E-state index in [0.717, 1.165) is 12.8 Å². The minimum Gasteiger partial charge on any atom is -0.337 e. The van der Waals surface area contributed by atoms with E-state index < -0.39 is 5.54 Å². The average Bonchev–Trinajstić information content (AvgIpc) is 3.15. The number of aryl methyl sites for hydroxylation is 1. The van der Waals surface area contributed by atoms with Gasteiger partial charge in [-0.15, -0.1) is 5.10 Å². The van der Waals surface area contributed by atoms with E-state index in [2.05, 4.69) is 37.6 Å². The van der Waals surface area contributed by atoms with Crippen molar-refractivity contribution >= 4 is 23.3 Å². The van der Waals surface area contributed by atoms with E-state index >= 15 is 0 Å². The topological polar surface area (TPSA) is 110 Å². The van der Waals surface area contributed by atoms with Crippen LogP contribution in [0.4, 0.5) is 10.5 Å². The van der Waals surface area contributed by atoms with Gasteiger partial charge in [-0.3, -0.25) is 0 Å². The molecular weight excluding hydrogens is 406 g/mol. The van der Waals surface area contributed by atoms with E-state index in [1.165, 1.54) is 6.20 Å². The lowest BCUT2D eigenvalue weighted by Gasteiger charge is -2.83. The minimum absolute atomic E-state index is 0.186. The van der Waals surface area contributed by atoms with Gasteiger partial charge in [-0.25, -0.2) is 9.78 Å². The number of carbonyl (C=O) groups is 1. The molecule has 0 radical (unpaired) electrons. The Morgan fingerprint density at radius 2 is 2.23 bits per heavy atom. The molecule has 0 spiro atoms. The second-order valence-corrected chi connectivity index (χ2v) is 9.02. The molecule has 0 bridgehead atoms. The molecule has 1 N–H and O–H groups in total. The Hall–Kier alpha value is -3.07. The molecule has 2 saturated carbocycles. The summed E-state index contributed by atoms with van der Waals surface area (Å²) < 4.78 is 5.51. The maximum absolute atomic E-state index is 13.3. The van der Waals surface area contributed by atoms with Crippen LogP contribution in [0.5, 0.6) is 0 Å². The standard InChI is InChI=1S/C20H18ClN7O2/c1-10-24-17(30-27-10)20-9-19(2)8-14(15(19)20)28(20)18(29)25-11-3-4-13(21)12(7-11)16-22-5-6-23-26-16/h3-7,14-15H,8-9H2,1-2H3,(H,25,29)/t14?,15?,19-,20?/m0/s1. The van der Waals surface area contributed by atoms with Crippen molar-refractivity contribution in [3.05, 3.63) is 47.3 Å². The van der Waals surface area contributed by atoms with Crippen LogP contribution >= 0.6 is 11.6 Å². The number of rotatable bonds is 3.